The standard InChI is InChI=1S/C10H16N2.C2H6/c1-7-5-8(2)12-10(6-7)9(3)11-4;1-2/h5-6,9,11-12H,1H2,2-4H3;1-2H3. The van der Waals surface area contributed by atoms with Crippen molar-refractivity contribution in [1.82, 2.24) is 10.6 Å². The van der Waals surface area contributed by atoms with Crippen LogP contribution in [0.25, 0.3) is 0 Å². The highest BCUT2D eigenvalue weighted by molar-refractivity contribution is 5.39. The van der Waals surface area contributed by atoms with Gasteiger partial charge < -0.3 is 10.6 Å². The maximum atomic E-state index is 3.91. The average Bonchev–Trinajstić information content (AvgIpc) is 2.18. The predicted octanol–water partition coefficient (Wildman–Crippen LogP) is 2.57. The van der Waals surface area contributed by atoms with E-state index in [1.165, 1.54) is 5.70 Å². The quantitative estimate of drug-likeness (QED) is 0.706. The number of hydrogen-bond acceptors (Lipinski definition) is 2. The first-order chi connectivity index (χ1) is 6.63. The van der Waals surface area contributed by atoms with Crippen LogP contribution in [0.15, 0.2) is 35.7 Å². The summed E-state index contributed by atoms with van der Waals surface area (Å²) in [4.78, 5) is 0. The Balaban J connectivity index is 0.000000791. The molecule has 0 saturated carbocycles. The number of rotatable bonds is 2. The van der Waals surface area contributed by atoms with Crippen LogP contribution in [0.1, 0.15) is 27.7 Å². The van der Waals surface area contributed by atoms with E-state index in [9.17, 15) is 0 Å². The Morgan fingerprint density at radius 1 is 1.36 bits per heavy atom. The van der Waals surface area contributed by atoms with Crippen LogP contribution in [0.5, 0.6) is 0 Å². The van der Waals surface area contributed by atoms with Gasteiger partial charge in [0.1, 0.15) is 0 Å². The van der Waals surface area contributed by atoms with Crippen LogP contribution in [0.4, 0.5) is 0 Å². The number of hydrogen-bond donors (Lipinski definition) is 2. The largest absolute Gasteiger partial charge is 0.361 e. The molecule has 0 fully saturated rings. The topological polar surface area (TPSA) is 24.1 Å². The summed E-state index contributed by atoms with van der Waals surface area (Å²) in [6, 6.07) is 0.352. The molecule has 0 aromatic heterocycles. The van der Waals surface area contributed by atoms with Gasteiger partial charge >= 0.3 is 0 Å². The van der Waals surface area contributed by atoms with Gasteiger partial charge in [-0.3, -0.25) is 0 Å². The summed E-state index contributed by atoms with van der Waals surface area (Å²) in [6.45, 7) is 12.1. The van der Waals surface area contributed by atoms with Crippen molar-refractivity contribution >= 4 is 0 Å². The zero-order valence-corrected chi connectivity index (χ0v) is 9.94. The van der Waals surface area contributed by atoms with E-state index in [-0.39, 0.29) is 0 Å². The summed E-state index contributed by atoms with van der Waals surface area (Å²) in [6.07, 6.45) is 4.10. The van der Waals surface area contributed by atoms with Crippen LogP contribution >= 0.6 is 0 Å². The van der Waals surface area contributed by atoms with Crippen molar-refractivity contribution in [1.29, 1.82) is 0 Å². The van der Waals surface area contributed by atoms with E-state index in [1.807, 2.05) is 33.9 Å². The summed E-state index contributed by atoms with van der Waals surface area (Å²) in [5.74, 6) is 0. The Morgan fingerprint density at radius 3 is 2.36 bits per heavy atom. The fourth-order valence-electron chi connectivity index (χ4n) is 1.21. The fourth-order valence-corrected chi connectivity index (χ4v) is 1.21. The van der Waals surface area contributed by atoms with Crippen LogP contribution in [-0.2, 0) is 0 Å². The van der Waals surface area contributed by atoms with E-state index >= 15 is 0 Å². The third-order valence-corrected chi connectivity index (χ3v) is 1.98. The van der Waals surface area contributed by atoms with Gasteiger partial charge in [-0.05, 0) is 38.6 Å². The van der Waals surface area contributed by atoms with E-state index < -0.39 is 0 Å². The monoisotopic (exact) mass is 194 g/mol. The molecule has 2 N–H and O–H groups in total. The average molecular weight is 194 g/mol. The summed E-state index contributed by atoms with van der Waals surface area (Å²) in [5, 5.41) is 6.47. The van der Waals surface area contributed by atoms with Crippen molar-refractivity contribution < 1.29 is 0 Å². The molecular formula is C12H22N2. The molecule has 0 aromatic carbocycles. The Labute approximate surface area is 87.8 Å². The van der Waals surface area contributed by atoms with Crippen molar-refractivity contribution in [2.24, 2.45) is 0 Å². The van der Waals surface area contributed by atoms with E-state index in [2.05, 4.69) is 30.2 Å². The molecule has 1 aliphatic heterocycles. The molecule has 0 amide bonds. The minimum absolute atomic E-state index is 0.352. The maximum Gasteiger partial charge on any atom is 0.0441 e. The molecule has 1 atom stereocenters. The van der Waals surface area contributed by atoms with Crippen LogP contribution in [0.2, 0.25) is 0 Å². The minimum Gasteiger partial charge on any atom is -0.361 e. The van der Waals surface area contributed by atoms with Crippen LogP contribution in [0, 0.1) is 0 Å². The predicted molar refractivity (Wildman–Crippen MR) is 64.0 cm³/mol. The third-order valence-electron chi connectivity index (χ3n) is 1.98. The number of dihydropyridines is 1. The first-order valence-electron chi connectivity index (χ1n) is 5.16. The number of likely N-dealkylation sites (N-methyl/N-ethyl adjacent to an activating group) is 1. The molecule has 0 aromatic rings. The first-order valence-corrected chi connectivity index (χ1v) is 5.16. The van der Waals surface area contributed by atoms with Crippen molar-refractivity contribution in [2.45, 2.75) is 33.7 Å². The zero-order chi connectivity index (χ0) is 11.1. The first kappa shape index (κ1) is 13.0. The Bertz CT molecular complexity index is 249. The second-order valence-corrected chi connectivity index (χ2v) is 3.14. The van der Waals surface area contributed by atoms with Crippen molar-refractivity contribution in [2.75, 3.05) is 7.05 Å². The van der Waals surface area contributed by atoms with Gasteiger partial charge in [-0.15, -0.1) is 0 Å². The lowest BCUT2D eigenvalue weighted by molar-refractivity contribution is 0.648. The van der Waals surface area contributed by atoms with Gasteiger partial charge in [0.25, 0.3) is 0 Å². The molecule has 1 heterocycles. The Hall–Kier alpha value is -1.02. The molecule has 0 saturated heterocycles. The molecule has 1 aliphatic rings. The molecule has 2 nitrogen and oxygen atoms in total. The molecule has 0 radical (unpaired) electrons. The van der Waals surface area contributed by atoms with Crippen molar-refractivity contribution in [3.05, 3.63) is 35.7 Å². The van der Waals surface area contributed by atoms with E-state index in [4.69, 9.17) is 0 Å². The molecule has 1 rings (SSSR count). The smallest absolute Gasteiger partial charge is 0.0441 e. The molecular weight excluding hydrogens is 172 g/mol. The van der Waals surface area contributed by atoms with Gasteiger partial charge in [0.05, 0.1) is 0 Å². The summed E-state index contributed by atoms with van der Waals surface area (Å²) in [5.41, 5.74) is 3.39. The van der Waals surface area contributed by atoms with E-state index in [1.54, 1.807) is 0 Å². The molecule has 14 heavy (non-hydrogen) atoms. The van der Waals surface area contributed by atoms with Gasteiger partial charge in [-0.25, -0.2) is 0 Å². The highest BCUT2D eigenvalue weighted by atomic mass is 15.0. The molecule has 0 spiro atoms. The normalized spacial score (nSPS) is 17.1. The highest BCUT2D eigenvalue weighted by Gasteiger charge is 2.09. The number of allylic oxidation sites excluding steroid dienone is 4. The molecule has 0 aliphatic carbocycles. The number of nitrogens with one attached hydrogen (secondary N) is 2. The summed E-state index contributed by atoms with van der Waals surface area (Å²) < 4.78 is 0. The molecule has 0 bridgehead atoms. The van der Waals surface area contributed by atoms with Crippen LogP contribution in [-0.4, -0.2) is 13.1 Å². The lowest BCUT2D eigenvalue weighted by atomic mass is 10.1. The van der Waals surface area contributed by atoms with Gasteiger partial charge in [-0.2, -0.15) is 0 Å². The lowest BCUT2D eigenvalue weighted by Crippen LogP contribution is -2.32. The van der Waals surface area contributed by atoms with Gasteiger partial charge in [0.2, 0.25) is 0 Å². The Morgan fingerprint density at radius 2 is 1.93 bits per heavy atom. The van der Waals surface area contributed by atoms with E-state index in [0.29, 0.717) is 6.04 Å². The SMILES string of the molecule is C=C1C=C(C)NC(C(C)NC)=C1.CC. The summed E-state index contributed by atoms with van der Waals surface area (Å²) >= 11 is 0. The second-order valence-electron chi connectivity index (χ2n) is 3.14. The van der Waals surface area contributed by atoms with Crippen LogP contribution in [0.3, 0.4) is 0 Å². The van der Waals surface area contributed by atoms with Gasteiger partial charge in [-0.1, -0.05) is 20.4 Å². The zero-order valence-electron chi connectivity index (χ0n) is 9.94. The highest BCUT2D eigenvalue weighted by Crippen LogP contribution is 2.12. The van der Waals surface area contributed by atoms with E-state index in [0.717, 1.165) is 11.3 Å². The maximum absolute atomic E-state index is 3.91. The molecule has 80 valence electrons. The van der Waals surface area contributed by atoms with Crippen LogP contribution < -0.4 is 10.6 Å². The second kappa shape index (κ2) is 6.44. The van der Waals surface area contributed by atoms with Crippen molar-refractivity contribution in [3.8, 4) is 0 Å². The minimum atomic E-state index is 0.352. The summed E-state index contributed by atoms with van der Waals surface area (Å²) in [7, 11) is 1.95. The molecule has 2 heteroatoms. The molecule has 1 unspecified atom stereocenters. The Kier molecular flexibility index (Phi) is 5.97. The van der Waals surface area contributed by atoms with Crippen molar-refractivity contribution in [3.63, 3.8) is 0 Å². The van der Waals surface area contributed by atoms with Gasteiger partial charge in [0, 0.05) is 17.4 Å². The van der Waals surface area contributed by atoms with Gasteiger partial charge in [0.15, 0.2) is 0 Å². The fraction of sp³-hybridized carbons (Fsp3) is 0.500. The third kappa shape index (κ3) is 3.79. The lowest BCUT2D eigenvalue weighted by Gasteiger charge is -2.21.